The standard InChI is InChI=1S/C16H16N2O2/c19-18(20)14-7-5-12(6-8-14)11-16-15-4-2-1-3-13(15)9-10-17-16/h1-8,16-17H,9-11H2. The van der Waals surface area contributed by atoms with Gasteiger partial charge in [-0.3, -0.25) is 10.1 Å². The van der Waals surface area contributed by atoms with Crippen molar-refractivity contribution in [3.63, 3.8) is 0 Å². The fourth-order valence-corrected chi connectivity index (χ4v) is 2.76. The number of hydrogen-bond donors (Lipinski definition) is 1. The van der Waals surface area contributed by atoms with Crippen LogP contribution in [0.3, 0.4) is 0 Å². The molecule has 1 N–H and O–H groups in total. The Morgan fingerprint density at radius 3 is 2.65 bits per heavy atom. The van der Waals surface area contributed by atoms with Crippen molar-refractivity contribution in [2.45, 2.75) is 18.9 Å². The number of hydrogen-bond acceptors (Lipinski definition) is 3. The van der Waals surface area contributed by atoms with Gasteiger partial charge in [0.2, 0.25) is 0 Å². The van der Waals surface area contributed by atoms with Crippen LogP contribution in [0.5, 0.6) is 0 Å². The van der Waals surface area contributed by atoms with Crippen LogP contribution in [0.15, 0.2) is 48.5 Å². The summed E-state index contributed by atoms with van der Waals surface area (Å²) in [4.78, 5) is 10.3. The third-order valence-corrected chi connectivity index (χ3v) is 3.80. The molecule has 2 aromatic rings. The van der Waals surface area contributed by atoms with Crippen molar-refractivity contribution >= 4 is 5.69 Å². The van der Waals surface area contributed by atoms with Crippen LogP contribution in [-0.4, -0.2) is 11.5 Å². The van der Waals surface area contributed by atoms with Gasteiger partial charge in [0.25, 0.3) is 5.69 Å². The maximum absolute atomic E-state index is 10.7. The maximum atomic E-state index is 10.7. The topological polar surface area (TPSA) is 55.2 Å². The molecule has 0 bridgehead atoms. The molecule has 0 saturated carbocycles. The predicted molar refractivity (Wildman–Crippen MR) is 77.7 cm³/mol. The van der Waals surface area contributed by atoms with Crippen LogP contribution in [0.25, 0.3) is 0 Å². The van der Waals surface area contributed by atoms with Gasteiger partial charge in [0.05, 0.1) is 4.92 Å². The normalized spacial score (nSPS) is 17.5. The van der Waals surface area contributed by atoms with Crippen LogP contribution in [0.2, 0.25) is 0 Å². The second-order valence-corrected chi connectivity index (χ2v) is 5.08. The van der Waals surface area contributed by atoms with Gasteiger partial charge in [-0.1, -0.05) is 36.4 Å². The molecule has 0 aliphatic carbocycles. The second-order valence-electron chi connectivity index (χ2n) is 5.08. The average molecular weight is 268 g/mol. The van der Waals surface area contributed by atoms with Gasteiger partial charge < -0.3 is 5.32 Å². The molecule has 1 aliphatic heterocycles. The van der Waals surface area contributed by atoms with Crippen molar-refractivity contribution < 1.29 is 4.92 Å². The molecule has 0 aromatic heterocycles. The molecule has 1 heterocycles. The first-order valence-electron chi connectivity index (χ1n) is 6.78. The number of nitro groups is 1. The number of nitrogens with one attached hydrogen (secondary N) is 1. The molecule has 102 valence electrons. The van der Waals surface area contributed by atoms with Gasteiger partial charge in [-0.05, 0) is 36.1 Å². The van der Waals surface area contributed by atoms with Crippen LogP contribution in [-0.2, 0) is 12.8 Å². The van der Waals surface area contributed by atoms with Crippen molar-refractivity contribution in [3.8, 4) is 0 Å². The van der Waals surface area contributed by atoms with Crippen LogP contribution in [0.1, 0.15) is 22.7 Å². The lowest BCUT2D eigenvalue weighted by Gasteiger charge is -2.27. The highest BCUT2D eigenvalue weighted by atomic mass is 16.6. The fourth-order valence-electron chi connectivity index (χ4n) is 2.76. The summed E-state index contributed by atoms with van der Waals surface area (Å²) in [6.07, 6.45) is 1.92. The first kappa shape index (κ1) is 12.8. The van der Waals surface area contributed by atoms with E-state index in [4.69, 9.17) is 0 Å². The summed E-state index contributed by atoms with van der Waals surface area (Å²) in [5, 5.41) is 14.2. The number of nitro benzene ring substituents is 1. The quantitative estimate of drug-likeness (QED) is 0.687. The van der Waals surface area contributed by atoms with E-state index in [9.17, 15) is 10.1 Å². The van der Waals surface area contributed by atoms with Gasteiger partial charge in [0, 0.05) is 18.2 Å². The Hall–Kier alpha value is -2.20. The molecule has 0 saturated heterocycles. The van der Waals surface area contributed by atoms with Crippen LogP contribution < -0.4 is 5.32 Å². The number of nitrogens with zero attached hydrogens (tertiary/aromatic N) is 1. The Kier molecular flexibility index (Phi) is 3.48. The number of fused-ring (bicyclic) bond motifs is 1. The molecular weight excluding hydrogens is 252 g/mol. The van der Waals surface area contributed by atoms with Gasteiger partial charge in [0.1, 0.15) is 0 Å². The maximum Gasteiger partial charge on any atom is 0.269 e. The molecule has 0 fully saturated rings. The average Bonchev–Trinajstić information content (AvgIpc) is 2.48. The fraction of sp³-hybridized carbons (Fsp3) is 0.250. The minimum absolute atomic E-state index is 0.144. The van der Waals surface area contributed by atoms with Gasteiger partial charge in [-0.25, -0.2) is 0 Å². The molecule has 1 aliphatic rings. The van der Waals surface area contributed by atoms with Crippen molar-refractivity contribution in [1.29, 1.82) is 0 Å². The molecule has 3 rings (SSSR count). The van der Waals surface area contributed by atoms with E-state index in [0.717, 1.165) is 24.9 Å². The van der Waals surface area contributed by atoms with Crippen LogP contribution in [0, 0.1) is 10.1 Å². The zero-order valence-electron chi connectivity index (χ0n) is 11.1. The molecule has 20 heavy (non-hydrogen) atoms. The van der Waals surface area contributed by atoms with Crippen LogP contribution >= 0.6 is 0 Å². The van der Waals surface area contributed by atoms with Gasteiger partial charge in [-0.2, -0.15) is 0 Å². The summed E-state index contributed by atoms with van der Waals surface area (Å²) in [6.45, 7) is 0.981. The van der Waals surface area contributed by atoms with Crippen LogP contribution in [0.4, 0.5) is 5.69 Å². The first-order chi connectivity index (χ1) is 9.74. The van der Waals surface area contributed by atoms with E-state index in [-0.39, 0.29) is 10.6 Å². The number of rotatable bonds is 3. The Balaban J connectivity index is 1.80. The summed E-state index contributed by atoms with van der Waals surface area (Å²) in [5.41, 5.74) is 4.01. The molecule has 1 unspecified atom stereocenters. The van der Waals surface area contributed by atoms with Gasteiger partial charge in [0.15, 0.2) is 0 Å². The zero-order chi connectivity index (χ0) is 13.9. The second kappa shape index (κ2) is 5.43. The SMILES string of the molecule is O=[N+]([O-])c1ccc(CC2NCCc3ccccc32)cc1. The zero-order valence-corrected chi connectivity index (χ0v) is 11.1. The predicted octanol–water partition coefficient (Wildman–Crippen LogP) is 3.02. The van der Waals surface area contributed by atoms with E-state index in [1.165, 1.54) is 11.1 Å². The lowest BCUT2D eigenvalue weighted by Crippen LogP contribution is -2.31. The minimum Gasteiger partial charge on any atom is -0.309 e. The highest BCUT2D eigenvalue weighted by molar-refractivity contribution is 5.36. The molecule has 0 spiro atoms. The summed E-state index contributed by atoms with van der Waals surface area (Å²) in [7, 11) is 0. The van der Waals surface area contributed by atoms with E-state index >= 15 is 0 Å². The minimum atomic E-state index is -0.363. The third kappa shape index (κ3) is 2.56. The Morgan fingerprint density at radius 2 is 1.90 bits per heavy atom. The molecule has 0 radical (unpaired) electrons. The van der Waals surface area contributed by atoms with Gasteiger partial charge >= 0.3 is 0 Å². The summed E-state index contributed by atoms with van der Waals surface area (Å²) < 4.78 is 0. The summed E-state index contributed by atoms with van der Waals surface area (Å²) in [6, 6.07) is 15.6. The number of benzene rings is 2. The van der Waals surface area contributed by atoms with E-state index in [2.05, 4.69) is 29.6 Å². The van der Waals surface area contributed by atoms with E-state index < -0.39 is 0 Å². The highest BCUT2D eigenvalue weighted by Crippen LogP contribution is 2.26. The molecular formula is C16H16N2O2. The summed E-state index contributed by atoms with van der Waals surface area (Å²) in [5.74, 6) is 0. The largest absolute Gasteiger partial charge is 0.309 e. The Labute approximate surface area is 117 Å². The lowest BCUT2D eigenvalue weighted by atomic mass is 9.90. The Bertz CT molecular complexity index is 623. The van der Waals surface area contributed by atoms with Crippen molar-refractivity contribution in [2.75, 3.05) is 6.54 Å². The molecule has 2 aromatic carbocycles. The smallest absolute Gasteiger partial charge is 0.269 e. The molecule has 0 amide bonds. The lowest BCUT2D eigenvalue weighted by molar-refractivity contribution is -0.384. The van der Waals surface area contributed by atoms with Crippen molar-refractivity contribution in [2.24, 2.45) is 0 Å². The molecule has 4 nitrogen and oxygen atoms in total. The molecule has 4 heteroatoms. The van der Waals surface area contributed by atoms with E-state index in [1.54, 1.807) is 12.1 Å². The van der Waals surface area contributed by atoms with E-state index in [0.29, 0.717) is 6.04 Å². The number of non-ortho nitro benzene ring substituents is 1. The molecule has 1 atom stereocenters. The third-order valence-electron chi connectivity index (χ3n) is 3.80. The van der Waals surface area contributed by atoms with Gasteiger partial charge in [-0.15, -0.1) is 0 Å². The van der Waals surface area contributed by atoms with Crippen molar-refractivity contribution in [1.82, 2.24) is 5.32 Å². The van der Waals surface area contributed by atoms with Crippen molar-refractivity contribution in [3.05, 3.63) is 75.3 Å². The summed E-state index contributed by atoms with van der Waals surface area (Å²) >= 11 is 0. The van der Waals surface area contributed by atoms with E-state index in [1.807, 2.05) is 12.1 Å². The monoisotopic (exact) mass is 268 g/mol. The first-order valence-corrected chi connectivity index (χ1v) is 6.78. The Morgan fingerprint density at radius 1 is 1.15 bits per heavy atom. The highest BCUT2D eigenvalue weighted by Gasteiger charge is 2.19.